The fourth-order valence-electron chi connectivity index (χ4n) is 3.79. The molecule has 41 heavy (non-hydrogen) atoms. The van der Waals surface area contributed by atoms with Gasteiger partial charge in [0.1, 0.15) is 6.61 Å². The topological polar surface area (TPSA) is 94.1 Å². The molecule has 0 aliphatic carbocycles. The van der Waals surface area contributed by atoms with Gasteiger partial charge in [0.05, 0.1) is 39.8 Å². The number of carbonyl (C=O) groups is 2. The van der Waals surface area contributed by atoms with Gasteiger partial charge in [-0.1, -0.05) is 18.2 Å². The Balaban J connectivity index is 1.53. The zero-order chi connectivity index (χ0) is 29.8. The third-order valence-corrected chi connectivity index (χ3v) is 5.81. The first-order valence-electron chi connectivity index (χ1n) is 11.9. The van der Waals surface area contributed by atoms with E-state index in [4.69, 9.17) is 4.74 Å². The van der Waals surface area contributed by atoms with Crippen LogP contribution in [0, 0.1) is 0 Å². The summed E-state index contributed by atoms with van der Waals surface area (Å²) in [5, 5.41) is 2.39. The lowest BCUT2D eigenvalue weighted by molar-refractivity contribution is -0.143. The van der Waals surface area contributed by atoms with Crippen molar-refractivity contribution in [2.45, 2.75) is 31.9 Å². The van der Waals surface area contributed by atoms with E-state index in [1.807, 2.05) is 0 Å². The minimum atomic E-state index is -5.10. The molecule has 212 valence electrons. The number of amides is 1. The Kier molecular flexibility index (Phi) is 8.36. The van der Waals surface area contributed by atoms with E-state index in [0.29, 0.717) is 23.4 Å². The summed E-state index contributed by atoms with van der Waals surface area (Å²) in [5.41, 5.74) is -2.29. The first kappa shape index (κ1) is 29.2. The van der Waals surface area contributed by atoms with Crippen LogP contribution in [0.15, 0.2) is 79.3 Å². The summed E-state index contributed by atoms with van der Waals surface area (Å²) in [5.74, 6) is -1.77. The summed E-state index contributed by atoms with van der Waals surface area (Å²) < 4.78 is 84.6. The average Bonchev–Trinajstić information content (AvgIpc) is 2.95. The highest BCUT2D eigenvalue weighted by atomic mass is 19.4. The number of benzene rings is 2. The van der Waals surface area contributed by atoms with Gasteiger partial charge < -0.3 is 10.1 Å². The van der Waals surface area contributed by atoms with E-state index in [0.717, 1.165) is 0 Å². The van der Waals surface area contributed by atoms with Crippen molar-refractivity contribution >= 4 is 11.9 Å². The van der Waals surface area contributed by atoms with Gasteiger partial charge in [-0.3, -0.25) is 19.7 Å². The van der Waals surface area contributed by atoms with Crippen molar-refractivity contribution in [2.75, 3.05) is 0 Å². The van der Waals surface area contributed by atoms with Crippen LogP contribution in [0.4, 0.5) is 26.3 Å². The van der Waals surface area contributed by atoms with Gasteiger partial charge in [0, 0.05) is 29.7 Å². The van der Waals surface area contributed by atoms with Gasteiger partial charge in [0.25, 0.3) is 5.91 Å². The molecule has 2 aromatic carbocycles. The van der Waals surface area contributed by atoms with Crippen LogP contribution in [0.3, 0.4) is 0 Å². The Morgan fingerprint density at radius 2 is 1.44 bits per heavy atom. The quantitative estimate of drug-likeness (QED) is 0.202. The van der Waals surface area contributed by atoms with Crippen LogP contribution in [-0.2, 0) is 23.7 Å². The zero-order valence-electron chi connectivity index (χ0n) is 21.1. The Morgan fingerprint density at radius 1 is 0.805 bits per heavy atom. The number of alkyl halides is 6. The number of nitrogens with one attached hydrogen (secondary N) is 1. The molecule has 0 spiro atoms. The molecule has 2 aromatic heterocycles. The third-order valence-electron chi connectivity index (χ3n) is 5.81. The largest absolute Gasteiger partial charge is 0.456 e. The predicted octanol–water partition coefficient (Wildman–Crippen LogP) is 6.42. The molecule has 0 aliphatic heterocycles. The van der Waals surface area contributed by atoms with Crippen molar-refractivity contribution < 1.29 is 40.7 Å². The lowest BCUT2D eigenvalue weighted by Crippen LogP contribution is -2.28. The van der Waals surface area contributed by atoms with Crippen LogP contribution in [0.2, 0.25) is 0 Å². The summed E-state index contributed by atoms with van der Waals surface area (Å²) in [7, 11) is 0. The molecule has 0 bridgehead atoms. The van der Waals surface area contributed by atoms with Crippen LogP contribution in [-0.4, -0.2) is 26.8 Å². The molecular formula is C28H20F6N4O3. The Labute approximate surface area is 229 Å². The van der Waals surface area contributed by atoms with Crippen molar-refractivity contribution in [2.24, 2.45) is 0 Å². The van der Waals surface area contributed by atoms with Crippen molar-refractivity contribution in [1.82, 2.24) is 20.3 Å². The first-order chi connectivity index (χ1) is 19.3. The van der Waals surface area contributed by atoms with E-state index < -0.39 is 47.0 Å². The number of aromatic nitrogens is 3. The molecular weight excluding hydrogens is 554 g/mol. The van der Waals surface area contributed by atoms with Crippen LogP contribution < -0.4 is 5.32 Å². The molecule has 0 saturated carbocycles. The molecule has 7 nitrogen and oxygen atoms in total. The lowest BCUT2D eigenvalue weighted by atomic mass is 10.0. The highest BCUT2D eigenvalue weighted by Gasteiger charge is 2.37. The number of pyridine rings is 1. The van der Waals surface area contributed by atoms with E-state index in [1.165, 1.54) is 31.5 Å². The van der Waals surface area contributed by atoms with Crippen molar-refractivity contribution in [1.29, 1.82) is 0 Å². The number of ether oxygens (including phenoxy) is 1. The van der Waals surface area contributed by atoms with Crippen molar-refractivity contribution in [3.8, 4) is 11.3 Å². The van der Waals surface area contributed by atoms with E-state index in [9.17, 15) is 35.9 Å². The number of halogens is 6. The number of hydrogen-bond acceptors (Lipinski definition) is 6. The summed E-state index contributed by atoms with van der Waals surface area (Å²) >= 11 is 0. The Hall–Kier alpha value is -4.81. The molecule has 0 radical (unpaired) electrons. The summed E-state index contributed by atoms with van der Waals surface area (Å²) in [6, 6.07) is 10.9. The van der Waals surface area contributed by atoms with Crippen LogP contribution in [0.5, 0.6) is 0 Å². The average molecular weight is 574 g/mol. The second-order valence-corrected chi connectivity index (χ2v) is 8.75. The molecule has 0 saturated heterocycles. The normalized spacial score (nSPS) is 12.5. The van der Waals surface area contributed by atoms with Gasteiger partial charge in [0.15, 0.2) is 0 Å². The minimum absolute atomic E-state index is 0.0245. The van der Waals surface area contributed by atoms with E-state index in [2.05, 4.69) is 20.3 Å². The third kappa shape index (κ3) is 7.24. The number of carbonyl (C=O) groups excluding carboxylic acids is 2. The highest BCUT2D eigenvalue weighted by molar-refractivity contribution is 5.95. The van der Waals surface area contributed by atoms with Gasteiger partial charge in [-0.25, -0.2) is 4.79 Å². The molecule has 1 amide bonds. The van der Waals surface area contributed by atoms with Crippen LogP contribution in [0.1, 0.15) is 56.2 Å². The van der Waals surface area contributed by atoms with Gasteiger partial charge in [0.2, 0.25) is 0 Å². The number of nitrogens with zero attached hydrogens (tertiary/aromatic N) is 3. The molecule has 4 rings (SSSR count). The monoisotopic (exact) mass is 574 g/mol. The SMILES string of the molecule is C[C@@H](NC(=O)c1cc(C(F)(F)F)cc(C(F)(F)F)c1)c1nccnc1-c1ccc(C(=O)OCc2ccccn2)cc1. The maximum Gasteiger partial charge on any atom is 0.416 e. The standard InChI is InChI=1S/C28H20F6N4O3/c1-16(38-25(39)19-12-20(27(29,30)31)14-21(13-19)28(32,33)34)23-24(37-11-10-36-23)17-5-7-18(8-6-17)26(40)41-15-22-4-2-3-9-35-22/h2-14,16H,15H2,1H3,(H,38,39)/t16-/m1/s1. The van der Waals surface area contributed by atoms with Gasteiger partial charge in [-0.2, -0.15) is 26.3 Å². The summed E-state index contributed by atoms with van der Waals surface area (Å²) in [4.78, 5) is 37.7. The minimum Gasteiger partial charge on any atom is -0.456 e. The summed E-state index contributed by atoms with van der Waals surface area (Å²) in [6.45, 7) is 1.43. The zero-order valence-corrected chi connectivity index (χ0v) is 21.1. The smallest absolute Gasteiger partial charge is 0.416 e. The molecule has 0 unspecified atom stereocenters. The molecule has 1 N–H and O–H groups in total. The second kappa shape index (κ2) is 11.7. The van der Waals surface area contributed by atoms with E-state index in [-0.39, 0.29) is 29.6 Å². The van der Waals surface area contributed by atoms with Gasteiger partial charge in [-0.15, -0.1) is 0 Å². The van der Waals surface area contributed by atoms with Gasteiger partial charge in [-0.05, 0) is 49.4 Å². The number of rotatable bonds is 7. The lowest BCUT2D eigenvalue weighted by Gasteiger charge is -2.18. The number of hydrogen-bond donors (Lipinski definition) is 1. The maximum atomic E-state index is 13.2. The highest BCUT2D eigenvalue weighted by Crippen LogP contribution is 2.36. The van der Waals surface area contributed by atoms with E-state index in [1.54, 1.807) is 36.5 Å². The Morgan fingerprint density at radius 3 is 2.02 bits per heavy atom. The predicted molar refractivity (Wildman–Crippen MR) is 133 cm³/mol. The fraction of sp³-hybridized carbons (Fsp3) is 0.179. The number of esters is 1. The molecule has 2 heterocycles. The second-order valence-electron chi connectivity index (χ2n) is 8.75. The molecule has 0 fully saturated rings. The molecule has 1 atom stereocenters. The van der Waals surface area contributed by atoms with E-state index >= 15 is 0 Å². The van der Waals surface area contributed by atoms with Crippen molar-refractivity contribution in [3.05, 3.63) is 113 Å². The maximum absolute atomic E-state index is 13.2. The fourth-order valence-corrected chi connectivity index (χ4v) is 3.79. The van der Waals surface area contributed by atoms with Crippen molar-refractivity contribution in [3.63, 3.8) is 0 Å². The molecule has 0 aliphatic rings. The molecule has 13 heteroatoms. The first-order valence-corrected chi connectivity index (χ1v) is 11.9. The summed E-state index contributed by atoms with van der Waals surface area (Å²) in [6.07, 6.45) is -5.95. The van der Waals surface area contributed by atoms with Gasteiger partial charge >= 0.3 is 18.3 Å². The Bertz CT molecular complexity index is 1510. The molecule has 4 aromatic rings. The van der Waals surface area contributed by atoms with Crippen LogP contribution >= 0.6 is 0 Å². The van der Waals surface area contributed by atoms with Crippen LogP contribution in [0.25, 0.3) is 11.3 Å².